The van der Waals surface area contributed by atoms with Crippen LogP contribution in [0.15, 0.2) is 44.5 Å². The SMILES string of the molecule is NC(N)=NCC1(O)C(O)C(Oc2cc3oc(-c4ccc(O)cc4CCCO)cc(=O)c3c(O)c2O)OC(C(=O)O)C1O. The number of fused-ring (bicyclic) bond motifs is 1. The number of hydrogen-bond acceptors (Lipinski definition) is 13. The van der Waals surface area contributed by atoms with Gasteiger partial charge in [-0.2, -0.15) is 0 Å². The average molecular weight is 592 g/mol. The van der Waals surface area contributed by atoms with Crippen molar-refractivity contribution in [3.05, 3.63) is 46.1 Å². The minimum Gasteiger partial charge on any atom is -0.508 e. The standard InChI is InChI=1S/C26H29N3O13/c27-25(28)29-9-26(39)21(35)20(23(37)38)42-24(22(26)36)41-16-8-15-17(19(34)18(16)33)13(32)7-14(40-15)12-4-3-11(31)6-10(12)2-1-5-30/h3-4,6-8,20-22,24,30-31,33-36,39H,1-2,5,9H2,(H,37,38)(H4,27,28,29). The summed E-state index contributed by atoms with van der Waals surface area (Å²) in [7, 11) is 0. The maximum atomic E-state index is 13.0. The minimum atomic E-state index is -2.71. The first-order valence-electron chi connectivity index (χ1n) is 12.4. The zero-order chi connectivity index (χ0) is 30.9. The highest BCUT2D eigenvalue weighted by Crippen LogP contribution is 2.43. The van der Waals surface area contributed by atoms with Gasteiger partial charge in [-0.3, -0.25) is 9.79 Å². The van der Waals surface area contributed by atoms with Gasteiger partial charge in [0.05, 0.1) is 6.54 Å². The summed E-state index contributed by atoms with van der Waals surface area (Å²) in [6.07, 6.45) is -8.05. The van der Waals surface area contributed by atoms with Crippen LogP contribution in [0, 0.1) is 0 Å². The molecule has 1 saturated heterocycles. The second-order valence-electron chi connectivity index (χ2n) is 9.59. The van der Waals surface area contributed by atoms with Crippen LogP contribution >= 0.6 is 0 Å². The normalized spacial score (nSPS) is 23.9. The van der Waals surface area contributed by atoms with Crippen LogP contribution in [0.3, 0.4) is 0 Å². The largest absolute Gasteiger partial charge is 0.508 e. The Bertz CT molecular complexity index is 1590. The molecule has 0 spiro atoms. The van der Waals surface area contributed by atoms with Crippen molar-refractivity contribution >= 4 is 22.9 Å². The lowest BCUT2D eigenvalue weighted by atomic mass is 9.84. The number of benzene rings is 2. The van der Waals surface area contributed by atoms with Crippen molar-refractivity contribution in [2.45, 2.75) is 43.0 Å². The van der Waals surface area contributed by atoms with E-state index in [0.29, 0.717) is 24.0 Å². The van der Waals surface area contributed by atoms with Crippen LogP contribution in [-0.4, -0.2) is 96.1 Å². The highest BCUT2D eigenvalue weighted by atomic mass is 16.7. The summed E-state index contributed by atoms with van der Waals surface area (Å²) in [5.74, 6) is -5.04. The molecular formula is C26H29N3O13. The van der Waals surface area contributed by atoms with Gasteiger partial charge in [0.2, 0.25) is 12.0 Å². The van der Waals surface area contributed by atoms with Crippen LogP contribution < -0.4 is 21.6 Å². The monoisotopic (exact) mass is 591 g/mol. The Morgan fingerprint density at radius 3 is 2.43 bits per heavy atom. The molecule has 5 unspecified atom stereocenters. The van der Waals surface area contributed by atoms with E-state index < -0.39 is 76.7 Å². The number of nitrogens with two attached hydrogens (primary N) is 2. The number of guanidine groups is 1. The maximum absolute atomic E-state index is 13.0. The van der Waals surface area contributed by atoms with Gasteiger partial charge in [-0.25, -0.2) is 4.79 Å². The second kappa shape index (κ2) is 11.7. The lowest BCUT2D eigenvalue weighted by molar-refractivity contribution is -0.303. The van der Waals surface area contributed by atoms with Gasteiger partial charge in [0, 0.05) is 24.3 Å². The Hall–Kier alpha value is -4.61. The molecule has 2 heterocycles. The van der Waals surface area contributed by atoms with Crippen LogP contribution in [0.1, 0.15) is 12.0 Å². The van der Waals surface area contributed by atoms with Gasteiger partial charge in [-0.05, 0) is 36.6 Å². The second-order valence-corrected chi connectivity index (χ2v) is 9.59. The number of ether oxygens (including phenoxy) is 2. The number of aromatic hydroxyl groups is 3. The molecule has 1 aliphatic heterocycles. The Kier molecular flexibility index (Phi) is 8.46. The van der Waals surface area contributed by atoms with Crippen molar-refractivity contribution in [2.24, 2.45) is 16.5 Å². The van der Waals surface area contributed by atoms with E-state index >= 15 is 0 Å². The van der Waals surface area contributed by atoms with Gasteiger partial charge in [-0.1, -0.05) is 0 Å². The molecule has 12 N–H and O–H groups in total. The van der Waals surface area contributed by atoms with Crippen LogP contribution in [-0.2, 0) is 16.0 Å². The number of carbonyl (C=O) groups is 1. The van der Waals surface area contributed by atoms with E-state index in [1.165, 1.54) is 18.2 Å². The van der Waals surface area contributed by atoms with Crippen molar-refractivity contribution in [2.75, 3.05) is 13.2 Å². The van der Waals surface area contributed by atoms with Gasteiger partial charge in [-0.15, -0.1) is 0 Å². The first-order chi connectivity index (χ1) is 19.8. The maximum Gasteiger partial charge on any atom is 0.335 e. The van der Waals surface area contributed by atoms with Crippen LogP contribution in [0.5, 0.6) is 23.0 Å². The zero-order valence-corrected chi connectivity index (χ0v) is 21.7. The van der Waals surface area contributed by atoms with E-state index in [-0.39, 0.29) is 23.7 Å². The number of rotatable bonds is 9. The molecule has 2 aromatic carbocycles. The van der Waals surface area contributed by atoms with Crippen LogP contribution in [0.2, 0.25) is 0 Å². The molecule has 16 nitrogen and oxygen atoms in total. The number of hydrogen-bond donors (Lipinski definition) is 10. The lowest BCUT2D eigenvalue weighted by Crippen LogP contribution is -2.70. The molecule has 0 aliphatic carbocycles. The molecule has 0 bridgehead atoms. The highest BCUT2D eigenvalue weighted by molar-refractivity contribution is 5.89. The third kappa shape index (κ3) is 5.61. The Morgan fingerprint density at radius 1 is 1.07 bits per heavy atom. The van der Waals surface area contributed by atoms with Crippen LogP contribution in [0.4, 0.5) is 0 Å². The molecule has 1 aliphatic rings. The summed E-state index contributed by atoms with van der Waals surface area (Å²) in [6, 6.07) is 6.26. The van der Waals surface area contributed by atoms with Gasteiger partial charge in [0.15, 0.2) is 29.0 Å². The lowest BCUT2D eigenvalue weighted by Gasteiger charge is -2.45. The van der Waals surface area contributed by atoms with Gasteiger partial charge < -0.3 is 66.2 Å². The smallest absolute Gasteiger partial charge is 0.335 e. The number of aliphatic hydroxyl groups is 4. The third-order valence-electron chi connectivity index (χ3n) is 6.74. The van der Waals surface area contributed by atoms with Crippen molar-refractivity contribution in [3.63, 3.8) is 0 Å². The van der Waals surface area contributed by atoms with Crippen molar-refractivity contribution < 1.29 is 59.5 Å². The molecule has 0 radical (unpaired) electrons. The molecule has 226 valence electrons. The van der Waals surface area contributed by atoms with E-state index in [0.717, 1.165) is 12.1 Å². The number of nitrogens with zero attached hydrogens (tertiary/aromatic N) is 1. The molecule has 42 heavy (non-hydrogen) atoms. The molecular weight excluding hydrogens is 562 g/mol. The Labute approximate surface area is 235 Å². The molecule has 5 atom stereocenters. The highest BCUT2D eigenvalue weighted by Gasteiger charge is 2.58. The molecule has 4 rings (SSSR count). The molecule has 1 fully saturated rings. The third-order valence-corrected chi connectivity index (χ3v) is 6.74. The predicted molar refractivity (Wildman–Crippen MR) is 143 cm³/mol. The molecule has 3 aromatic rings. The summed E-state index contributed by atoms with van der Waals surface area (Å²) in [5, 5.41) is 81.6. The number of aryl methyl sites for hydroxylation is 1. The van der Waals surface area contributed by atoms with E-state index in [1.54, 1.807) is 0 Å². The van der Waals surface area contributed by atoms with E-state index in [9.17, 15) is 50.4 Å². The number of aliphatic hydroxyl groups excluding tert-OH is 3. The van der Waals surface area contributed by atoms with E-state index in [1.807, 2.05) is 0 Å². The number of aliphatic carboxylic acids is 1. The number of aliphatic imine (C=N–C) groups is 1. The van der Waals surface area contributed by atoms with Gasteiger partial charge >= 0.3 is 5.97 Å². The van der Waals surface area contributed by atoms with Gasteiger partial charge in [0.25, 0.3) is 0 Å². The average Bonchev–Trinajstić information content (AvgIpc) is 2.93. The van der Waals surface area contributed by atoms with Crippen molar-refractivity contribution in [3.8, 4) is 34.3 Å². The number of carboxylic acids is 1. The molecule has 16 heteroatoms. The van der Waals surface area contributed by atoms with Crippen molar-refractivity contribution in [1.82, 2.24) is 0 Å². The summed E-state index contributed by atoms with van der Waals surface area (Å²) in [4.78, 5) is 28.2. The quantitative estimate of drug-likeness (QED) is 0.0762. The predicted octanol–water partition coefficient (Wildman–Crippen LogP) is -1.58. The van der Waals surface area contributed by atoms with Crippen LogP contribution in [0.25, 0.3) is 22.3 Å². The van der Waals surface area contributed by atoms with Gasteiger partial charge in [0.1, 0.15) is 40.3 Å². The summed E-state index contributed by atoms with van der Waals surface area (Å²) in [5.41, 5.74) is 7.62. The first-order valence-corrected chi connectivity index (χ1v) is 12.4. The fourth-order valence-electron chi connectivity index (χ4n) is 4.57. The summed E-state index contributed by atoms with van der Waals surface area (Å²) in [6.45, 7) is -1.01. The first kappa shape index (κ1) is 30.4. The molecule has 1 aromatic heterocycles. The topological polar surface area (TPSA) is 292 Å². The van der Waals surface area contributed by atoms with E-state index in [2.05, 4.69) is 4.99 Å². The molecule has 0 saturated carbocycles. The zero-order valence-electron chi connectivity index (χ0n) is 21.7. The fourth-order valence-corrected chi connectivity index (χ4v) is 4.57. The summed E-state index contributed by atoms with van der Waals surface area (Å²) < 4.78 is 16.4. The Balaban J connectivity index is 1.79. The summed E-state index contributed by atoms with van der Waals surface area (Å²) >= 11 is 0. The molecule has 0 amide bonds. The fraction of sp³-hybridized carbons (Fsp3) is 0.346. The number of phenols is 3. The number of carboxylic acid groups (broad SMARTS) is 1. The van der Waals surface area contributed by atoms with Crippen molar-refractivity contribution in [1.29, 1.82) is 0 Å². The Morgan fingerprint density at radius 2 is 1.79 bits per heavy atom. The number of phenolic OH excluding ortho intramolecular Hbond substituents is 3. The van der Waals surface area contributed by atoms with E-state index in [4.69, 9.17) is 25.4 Å². The minimum absolute atomic E-state index is 0.00824.